The zero-order valence-corrected chi connectivity index (χ0v) is 11.6. The Balaban J connectivity index is 2.38. The summed E-state index contributed by atoms with van der Waals surface area (Å²) in [5, 5.41) is 19.7. The minimum Gasteiger partial charge on any atom is -0.478 e. The summed E-state index contributed by atoms with van der Waals surface area (Å²) in [4.78, 5) is 21.1. The SMILES string of the molecule is C/C(=C\c1ccc(-c2ccc(Cl)c(C(=O)O)c2)o1)[N+](=O)[O-]. The van der Waals surface area contributed by atoms with E-state index in [1.54, 1.807) is 18.2 Å². The first-order valence-electron chi connectivity index (χ1n) is 5.84. The van der Waals surface area contributed by atoms with Crippen LogP contribution in [-0.2, 0) is 0 Å². The van der Waals surface area contributed by atoms with Crippen molar-refractivity contribution >= 4 is 23.6 Å². The third kappa shape index (κ3) is 3.29. The minimum absolute atomic E-state index is 0.0378. The van der Waals surface area contributed by atoms with Gasteiger partial charge in [0.2, 0.25) is 5.70 Å². The maximum absolute atomic E-state index is 11.0. The van der Waals surface area contributed by atoms with Gasteiger partial charge in [-0.1, -0.05) is 11.6 Å². The van der Waals surface area contributed by atoms with Gasteiger partial charge < -0.3 is 9.52 Å². The number of hydrogen-bond donors (Lipinski definition) is 1. The summed E-state index contributed by atoms with van der Waals surface area (Å²) in [5.74, 6) is -0.430. The van der Waals surface area contributed by atoms with Gasteiger partial charge in [0.15, 0.2) is 0 Å². The van der Waals surface area contributed by atoms with E-state index in [2.05, 4.69) is 0 Å². The number of nitro groups is 1. The van der Waals surface area contributed by atoms with E-state index in [4.69, 9.17) is 21.1 Å². The first-order chi connectivity index (χ1) is 9.88. The summed E-state index contributed by atoms with van der Waals surface area (Å²) in [5.41, 5.74) is 0.428. The Bertz CT molecular complexity index is 748. The van der Waals surface area contributed by atoms with E-state index in [0.29, 0.717) is 17.1 Å². The normalized spacial score (nSPS) is 11.4. The highest BCUT2D eigenvalue weighted by molar-refractivity contribution is 6.33. The van der Waals surface area contributed by atoms with Crippen LogP contribution in [0, 0.1) is 10.1 Å². The number of carboxylic acids is 1. The second kappa shape index (κ2) is 5.80. The lowest BCUT2D eigenvalue weighted by Crippen LogP contribution is -1.97. The van der Waals surface area contributed by atoms with E-state index in [1.807, 2.05) is 0 Å². The predicted octanol–water partition coefficient (Wildman–Crippen LogP) is 3.94. The van der Waals surface area contributed by atoms with Gasteiger partial charge in [-0.05, 0) is 30.3 Å². The van der Waals surface area contributed by atoms with Gasteiger partial charge in [0.1, 0.15) is 11.5 Å². The van der Waals surface area contributed by atoms with E-state index >= 15 is 0 Å². The molecule has 0 unspecified atom stereocenters. The molecule has 0 aliphatic carbocycles. The molecule has 7 heteroatoms. The molecule has 0 saturated heterocycles. The highest BCUT2D eigenvalue weighted by atomic mass is 35.5. The molecular weight excluding hydrogens is 298 g/mol. The summed E-state index contributed by atoms with van der Waals surface area (Å²) >= 11 is 5.79. The third-order valence-electron chi connectivity index (χ3n) is 2.75. The average Bonchev–Trinajstić information content (AvgIpc) is 2.87. The van der Waals surface area contributed by atoms with Crippen LogP contribution in [0.4, 0.5) is 0 Å². The van der Waals surface area contributed by atoms with Crippen molar-refractivity contribution in [3.63, 3.8) is 0 Å². The molecule has 0 fully saturated rings. The van der Waals surface area contributed by atoms with Crippen LogP contribution in [0.25, 0.3) is 17.4 Å². The van der Waals surface area contributed by atoms with E-state index < -0.39 is 10.9 Å². The smallest absolute Gasteiger partial charge is 0.337 e. The fourth-order valence-electron chi connectivity index (χ4n) is 1.69. The number of allylic oxidation sites excluding steroid dienone is 1. The molecule has 0 aliphatic rings. The molecule has 108 valence electrons. The molecule has 0 bridgehead atoms. The van der Waals surface area contributed by atoms with Crippen LogP contribution >= 0.6 is 11.6 Å². The van der Waals surface area contributed by atoms with Crippen molar-refractivity contribution in [3.8, 4) is 11.3 Å². The van der Waals surface area contributed by atoms with Crippen LogP contribution in [0.15, 0.2) is 40.4 Å². The number of halogens is 1. The molecule has 0 spiro atoms. The van der Waals surface area contributed by atoms with Crippen LogP contribution < -0.4 is 0 Å². The zero-order chi connectivity index (χ0) is 15.6. The molecule has 1 aromatic heterocycles. The molecule has 21 heavy (non-hydrogen) atoms. The number of furan rings is 1. The van der Waals surface area contributed by atoms with Gasteiger partial charge in [-0.15, -0.1) is 0 Å². The molecule has 6 nitrogen and oxygen atoms in total. The predicted molar refractivity (Wildman–Crippen MR) is 76.8 cm³/mol. The van der Waals surface area contributed by atoms with Gasteiger partial charge >= 0.3 is 5.97 Å². The molecule has 0 atom stereocenters. The monoisotopic (exact) mass is 307 g/mol. The Morgan fingerprint density at radius 3 is 2.71 bits per heavy atom. The number of carbonyl (C=O) groups is 1. The van der Waals surface area contributed by atoms with Crippen LogP contribution in [0.5, 0.6) is 0 Å². The number of hydrogen-bond acceptors (Lipinski definition) is 4. The van der Waals surface area contributed by atoms with E-state index in [9.17, 15) is 14.9 Å². The Morgan fingerprint density at radius 2 is 2.10 bits per heavy atom. The number of benzene rings is 1. The van der Waals surface area contributed by atoms with Crippen LogP contribution in [0.1, 0.15) is 23.0 Å². The highest BCUT2D eigenvalue weighted by Crippen LogP contribution is 2.27. The summed E-state index contributed by atoms with van der Waals surface area (Å²) in [6, 6.07) is 7.63. The lowest BCUT2D eigenvalue weighted by Gasteiger charge is -2.01. The largest absolute Gasteiger partial charge is 0.478 e. The molecule has 1 N–H and O–H groups in total. The first kappa shape index (κ1) is 14.8. The lowest BCUT2D eigenvalue weighted by atomic mass is 10.1. The van der Waals surface area contributed by atoms with E-state index in [1.165, 1.54) is 25.1 Å². The summed E-state index contributed by atoms with van der Waals surface area (Å²) in [6.45, 7) is 1.35. The second-order valence-corrected chi connectivity index (χ2v) is 4.65. The van der Waals surface area contributed by atoms with Crippen molar-refractivity contribution in [2.75, 3.05) is 0 Å². The molecule has 0 amide bonds. The first-order valence-corrected chi connectivity index (χ1v) is 6.22. The van der Waals surface area contributed by atoms with Gasteiger partial charge in [-0.3, -0.25) is 10.1 Å². The van der Waals surface area contributed by atoms with Crippen molar-refractivity contribution in [1.29, 1.82) is 0 Å². The van der Waals surface area contributed by atoms with Crippen molar-refractivity contribution in [2.45, 2.75) is 6.92 Å². The molecule has 0 radical (unpaired) electrons. The van der Waals surface area contributed by atoms with Crippen molar-refractivity contribution in [1.82, 2.24) is 0 Å². The average molecular weight is 308 g/mol. The summed E-state index contributed by atoms with van der Waals surface area (Å²) in [7, 11) is 0. The minimum atomic E-state index is -1.14. The Kier molecular flexibility index (Phi) is 4.09. The number of aromatic carboxylic acids is 1. The standard InChI is InChI=1S/C14H10ClNO5/c1-8(16(19)20)6-10-3-5-13(21-10)9-2-4-12(15)11(7-9)14(17)18/h2-7H,1H3,(H,17,18)/b8-6+. The van der Waals surface area contributed by atoms with Crippen molar-refractivity contribution in [3.05, 3.63) is 62.5 Å². The Labute approximate surface area is 124 Å². The fourth-order valence-corrected chi connectivity index (χ4v) is 1.88. The Morgan fingerprint density at radius 1 is 1.38 bits per heavy atom. The van der Waals surface area contributed by atoms with E-state index in [-0.39, 0.29) is 16.3 Å². The van der Waals surface area contributed by atoms with Crippen molar-refractivity contribution < 1.29 is 19.2 Å². The summed E-state index contributed by atoms with van der Waals surface area (Å²) < 4.78 is 5.45. The number of nitrogens with zero attached hydrogens (tertiary/aromatic N) is 1. The lowest BCUT2D eigenvalue weighted by molar-refractivity contribution is -0.422. The summed E-state index contributed by atoms with van der Waals surface area (Å²) in [6.07, 6.45) is 1.29. The topological polar surface area (TPSA) is 93.6 Å². The second-order valence-electron chi connectivity index (χ2n) is 4.24. The zero-order valence-electron chi connectivity index (χ0n) is 10.9. The van der Waals surface area contributed by atoms with Crippen molar-refractivity contribution in [2.24, 2.45) is 0 Å². The quantitative estimate of drug-likeness (QED) is 0.682. The van der Waals surface area contributed by atoms with Crippen LogP contribution in [0.3, 0.4) is 0 Å². The maximum atomic E-state index is 11.0. The van der Waals surface area contributed by atoms with Gasteiger partial charge in [-0.2, -0.15) is 0 Å². The Hall–Kier alpha value is -2.60. The van der Waals surface area contributed by atoms with Gasteiger partial charge in [0, 0.05) is 12.5 Å². The molecule has 2 rings (SSSR count). The van der Waals surface area contributed by atoms with E-state index in [0.717, 1.165) is 0 Å². The molecule has 0 aliphatic heterocycles. The van der Waals surface area contributed by atoms with Crippen LogP contribution in [-0.4, -0.2) is 16.0 Å². The number of carboxylic acid groups (broad SMARTS) is 1. The molecule has 1 aromatic carbocycles. The van der Waals surface area contributed by atoms with Gasteiger partial charge in [0.25, 0.3) is 0 Å². The molecular formula is C14H10ClNO5. The number of rotatable bonds is 4. The van der Waals surface area contributed by atoms with Crippen LogP contribution in [0.2, 0.25) is 5.02 Å². The molecule has 2 aromatic rings. The third-order valence-corrected chi connectivity index (χ3v) is 3.08. The fraction of sp³-hybridized carbons (Fsp3) is 0.0714. The highest BCUT2D eigenvalue weighted by Gasteiger charge is 2.12. The molecule has 0 saturated carbocycles. The maximum Gasteiger partial charge on any atom is 0.337 e. The van der Waals surface area contributed by atoms with Gasteiger partial charge in [0.05, 0.1) is 21.6 Å². The van der Waals surface area contributed by atoms with Gasteiger partial charge in [-0.25, -0.2) is 4.79 Å². The molecule has 1 heterocycles.